The quantitative estimate of drug-likeness (QED) is 0.781. The highest BCUT2D eigenvalue weighted by Crippen LogP contribution is 2.26. The number of nitrogens with zero attached hydrogens (tertiary/aromatic N) is 1. The van der Waals surface area contributed by atoms with Crippen molar-refractivity contribution in [3.8, 4) is 0 Å². The van der Waals surface area contributed by atoms with Gasteiger partial charge < -0.3 is 4.90 Å². The third-order valence-electron chi connectivity index (χ3n) is 4.03. The molecule has 0 spiro atoms. The summed E-state index contributed by atoms with van der Waals surface area (Å²) in [4.78, 5) is 14.9. The maximum atomic E-state index is 12.8. The maximum absolute atomic E-state index is 12.8. The van der Waals surface area contributed by atoms with E-state index in [-0.39, 0.29) is 5.91 Å². The Hall–Kier alpha value is -0.830. The van der Waals surface area contributed by atoms with E-state index in [1.165, 1.54) is 12.8 Å². The Morgan fingerprint density at radius 2 is 2.16 bits per heavy atom. The van der Waals surface area contributed by atoms with Crippen LogP contribution in [0.3, 0.4) is 0 Å². The van der Waals surface area contributed by atoms with Gasteiger partial charge in [0.05, 0.1) is 5.56 Å². The number of rotatable bonds is 2. The molecular weight excluding hydrogens is 302 g/mol. The van der Waals surface area contributed by atoms with E-state index in [1.807, 2.05) is 25.1 Å². The molecule has 19 heavy (non-hydrogen) atoms. The molecule has 0 radical (unpaired) electrons. The number of aryl methyl sites for hydroxylation is 1. The van der Waals surface area contributed by atoms with Gasteiger partial charge in [-0.25, -0.2) is 0 Å². The topological polar surface area (TPSA) is 20.3 Å². The van der Waals surface area contributed by atoms with Crippen molar-refractivity contribution < 1.29 is 4.79 Å². The summed E-state index contributed by atoms with van der Waals surface area (Å²) in [5.74, 6) is 0.185. The highest BCUT2D eigenvalue weighted by atomic mass is 79.9. The van der Waals surface area contributed by atoms with Crippen LogP contribution in [0.15, 0.2) is 22.7 Å². The molecule has 1 heterocycles. The summed E-state index contributed by atoms with van der Waals surface area (Å²) in [6.07, 6.45) is 5.82. The van der Waals surface area contributed by atoms with Crippen LogP contribution in [0.1, 0.15) is 54.9 Å². The van der Waals surface area contributed by atoms with Crippen molar-refractivity contribution in [2.45, 2.75) is 52.0 Å². The zero-order valence-corrected chi connectivity index (χ0v) is 13.4. The van der Waals surface area contributed by atoms with Crippen molar-refractivity contribution in [2.75, 3.05) is 6.54 Å². The fourth-order valence-electron chi connectivity index (χ4n) is 2.84. The Kier molecular flexibility index (Phi) is 5.03. The van der Waals surface area contributed by atoms with Crippen LogP contribution in [0.2, 0.25) is 0 Å². The number of carbonyl (C=O) groups excluding carboxylic acids is 1. The molecule has 1 aliphatic heterocycles. The molecule has 1 fully saturated rings. The minimum atomic E-state index is 0.185. The first-order valence-corrected chi connectivity index (χ1v) is 8.00. The monoisotopic (exact) mass is 323 g/mol. The molecule has 0 aromatic heterocycles. The van der Waals surface area contributed by atoms with E-state index < -0.39 is 0 Å². The Bertz CT molecular complexity index is 458. The third kappa shape index (κ3) is 3.19. The first kappa shape index (κ1) is 14.6. The van der Waals surface area contributed by atoms with Crippen LogP contribution < -0.4 is 0 Å². The first-order valence-electron chi connectivity index (χ1n) is 7.21. The molecule has 0 N–H and O–H groups in total. The second kappa shape index (κ2) is 6.56. The number of likely N-dealkylation sites (tertiary alicyclic amines) is 1. The van der Waals surface area contributed by atoms with E-state index in [9.17, 15) is 4.79 Å². The van der Waals surface area contributed by atoms with Gasteiger partial charge in [0, 0.05) is 17.1 Å². The molecule has 1 saturated heterocycles. The molecule has 1 unspecified atom stereocenters. The van der Waals surface area contributed by atoms with Gasteiger partial charge in [0.2, 0.25) is 0 Å². The predicted molar refractivity (Wildman–Crippen MR) is 82.5 cm³/mol. The average molecular weight is 324 g/mol. The minimum Gasteiger partial charge on any atom is -0.336 e. The smallest absolute Gasteiger partial charge is 0.255 e. The van der Waals surface area contributed by atoms with E-state index in [0.29, 0.717) is 6.04 Å². The summed E-state index contributed by atoms with van der Waals surface area (Å²) >= 11 is 3.56. The van der Waals surface area contributed by atoms with Crippen LogP contribution in [-0.2, 0) is 0 Å². The van der Waals surface area contributed by atoms with Crippen molar-refractivity contribution in [2.24, 2.45) is 0 Å². The largest absolute Gasteiger partial charge is 0.336 e. The van der Waals surface area contributed by atoms with Crippen molar-refractivity contribution in [1.82, 2.24) is 4.90 Å². The van der Waals surface area contributed by atoms with E-state index in [4.69, 9.17) is 0 Å². The summed E-state index contributed by atoms with van der Waals surface area (Å²) < 4.78 is 0.944. The molecule has 0 bridgehead atoms. The van der Waals surface area contributed by atoms with Crippen LogP contribution in [0.5, 0.6) is 0 Å². The zero-order chi connectivity index (χ0) is 13.8. The summed E-state index contributed by atoms with van der Waals surface area (Å²) in [5.41, 5.74) is 1.93. The molecule has 0 saturated carbocycles. The lowest BCUT2D eigenvalue weighted by Crippen LogP contribution is -2.39. The number of carbonyl (C=O) groups is 1. The second-order valence-electron chi connectivity index (χ2n) is 5.35. The van der Waals surface area contributed by atoms with Crippen molar-refractivity contribution in [3.05, 3.63) is 33.8 Å². The number of amides is 1. The van der Waals surface area contributed by atoms with Gasteiger partial charge in [0.1, 0.15) is 0 Å². The van der Waals surface area contributed by atoms with Gasteiger partial charge >= 0.3 is 0 Å². The van der Waals surface area contributed by atoms with Gasteiger partial charge in [-0.2, -0.15) is 0 Å². The summed E-state index contributed by atoms with van der Waals surface area (Å²) in [5, 5.41) is 0. The molecule has 1 atom stereocenters. The summed E-state index contributed by atoms with van der Waals surface area (Å²) in [6.45, 7) is 5.11. The molecule has 3 heteroatoms. The number of hydrogen-bond donors (Lipinski definition) is 0. The minimum absolute atomic E-state index is 0.185. The number of hydrogen-bond acceptors (Lipinski definition) is 1. The molecular formula is C16H22BrNO. The van der Waals surface area contributed by atoms with Gasteiger partial charge in [-0.15, -0.1) is 0 Å². The van der Waals surface area contributed by atoms with Gasteiger partial charge in [-0.3, -0.25) is 4.79 Å². The van der Waals surface area contributed by atoms with E-state index >= 15 is 0 Å². The number of benzene rings is 1. The van der Waals surface area contributed by atoms with Crippen LogP contribution in [0.25, 0.3) is 0 Å². The molecule has 1 amide bonds. The summed E-state index contributed by atoms with van der Waals surface area (Å²) in [6, 6.07) is 6.33. The van der Waals surface area contributed by atoms with Crippen LogP contribution in [0.4, 0.5) is 0 Å². The Morgan fingerprint density at radius 1 is 1.37 bits per heavy atom. The Labute approximate surface area is 124 Å². The lowest BCUT2D eigenvalue weighted by molar-refractivity contribution is 0.0677. The van der Waals surface area contributed by atoms with Crippen molar-refractivity contribution in [1.29, 1.82) is 0 Å². The Balaban J connectivity index is 2.28. The van der Waals surface area contributed by atoms with Gasteiger partial charge in [0.15, 0.2) is 0 Å². The van der Waals surface area contributed by atoms with Crippen LogP contribution in [0, 0.1) is 6.92 Å². The third-order valence-corrected chi connectivity index (χ3v) is 5.08. The van der Waals surface area contributed by atoms with Crippen LogP contribution >= 0.6 is 15.9 Å². The molecule has 1 aromatic rings. The van der Waals surface area contributed by atoms with Crippen molar-refractivity contribution >= 4 is 21.8 Å². The zero-order valence-electron chi connectivity index (χ0n) is 11.8. The second-order valence-corrected chi connectivity index (χ2v) is 6.14. The van der Waals surface area contributed by atoms with E-state index in [1.54, 1.807) is 0 Å². The van der Waals surface area contributed by atoms with Gasteiger partial charge in [0.25, 0.3) is 5.91 Å². The lowest BCUT2D eigenvalue weighted by atomic mass is 10.1. The molecule has 1 aliphatic rings. The fourth-order valence-corrected chi connectivity index (χ4v) is 3.27. The average Bonchev–Trinajstić information content (AvgIpc) is 2.66. The SMILES string of the molecule is CCC1CCCCCN1C(=O)c1cccc(C)c1Br. The van der Waals surface area contributed by atoms with Crippen LogP contribution in [-0.4, -0.2) is 23.4 Å². The predicted octanol–water partition coefficient (Wildman–Crippen LogP) is 4.55. The van der Waals surface area contributed by atoms with E-state index in [2.05, 4.69) is 27.8 Å². The molecule has 2 nitrogen and oxygen atoms in total. The highest BCUT2D eigenvalue weighted by molar-refractivity contribution is 9.10. The first-order chi connectivity index (χ1) is 9.15. The van der Waals surface area contributed by atoms with Gasteiger partial charge in [-0.1, -0.05) is 31.9 Å². The molecule has 0 aliphatic carbocycles. The normalized spacial score (nSPS) is 20.2. The van der Waals surface area contributed by atoms with Gasteiger partial charge in [-0.05, 0) is 53.7 Å². The summed E-state index contributed by atoms with van der Waals surface area (Å²) in [7, 11) is 0. The molecule has 2 rings (SSSR count). The number of halogens is 1. The van der Waals surface area contributed by atoms with Crippen molar-refractivity contribution in [3.63, 3.8) is 0 Å². The van der Waals surface area contributed by atoms with E-state index in [0.717, 1.165) is 41.4 Å². The fraction of sp³-hybridized carbons (Fsp3) is 0.562. The molecule has 104 valence electrons. The standard InChI is InChI=1S/C16H22BrNO/c1-3-13-9-5-4-6-11-18(13)16(19)14-10-7-8-12(2)15(14)17/h7-8,10,13H,3-6,9,11H2,1-2H3. The molecule has 1 aromatic carbocycles. The highest BCUT2D eigenvalue weighted by Gasteiger charge is 2.26. The maximum Gasteiger partial charge on any atom is 0.255 e. The Morgan fingerprint density at radius 3 is 2.89 bits per heavy atom. The lowest BCUT2D eigenvalue weighted by Gasteiger charge is -2.30.